The zero-order valence-corrected chi connectivity index (χ0v) is 15.9. The van der Waals surface area contributed by atoms with Crippen LogP contribution in [0.1, 0.15) is 65.2 Å². The molecule has 2 aliphatic carbocycles. The fraction of sp³-hybridized carbons (Fsp3) is 0.947. The van der Waals surface area contributed by atoms with Crippen molar-refractivity contribution in [3.8, 4) is 0 Å². The van der Waals surface area contributed by atoms with Gasteiger partial charge in [0, 0.05) is 44.9 Å². The Hall–Kier alpha value is -0.810. The minimum absolute atomic E-state index is 0.334. The molecular weight excluding hydrogens is 302 g/mol. The highest BCUT2D eigenvalue weighted by atomic mass is 16.5. The van der Waals surface area contributed by atoms with E-state index in [-0.39, 0.29) is 0 Å². The number of nitrogens with zero attached hydrogens (tertiary/aromatic N) is 1. The van der Waals surface area contributed by atoms with E-state index in [0.29, 0.717) is 17.6 Å². The molecule has 2 saturated carbocycles. The van der Waals surface area contributed by atoms with Crippen LogP contribution < -0.4 is 10.6 Å². The van der Waals surface area contributed by atoms with Crippen molar-refractivity contribution in [2.45, 2.75) is 77.4 Å². The molecule has 5 heteroatoms. The lowest BCUT2D eigenvalue weighted by Gasteiger charge is -2.57. The van der Waals surface area contributed by atoms with Gasteiger partial charge in [0.25, 0.3) is 0 Å². The molecule has 2 rings (SSSR count). The topological polar surface area (TPSA) is 54.9 Å². The molecule has 140 valence electrons. The summed E-state index contributed by atoms with van der Waals surface area (Å²) in [6.45, 7) is 7.58. The summed E-state index contributed by atoms with van der Waals surface area (Å²) in [4.78, 5) is 4.42. The number of hydrogen-bond acceptors (Lipinski definition) is 3. The molecule has 0 aromatic heterocycles. The molecule has 5 nitrogen and oxygen atoms in total. The van der Waals surface area contributed by atoms with E-state index in [9.17, 15) is 0 Å². The van der Waals surface area contributed by atoms with Gasteiger partial charge in [0.15, 0.2) is 5.96 Å². The van der Waals surface area contributed by atoms with Gasteiger partial charge in [0.1, 0.15) is 0 Å². The summed E-state index contributed by atoms with van der Waals surface area (Å²) in [5.74, 6) is 0.941. The van der Waals surface area contributed by atoms with Gasteiger partial charge in [-0.15, -0.1) is 0 Å². The van der Waals surface area contributed by atoms with Crippen LogP contribution in [0, 0.1) is 5.41 Å². The highest BCUT2D eigenvalue weighted by molar-refractivity contribution is 5.80. The third-order valence-corrected chi connectivity index (χ3v) is 5.68. The Bertz CT molecular complexity index is 381. The Morgan fingerprint density at radius 2 is 1.92 bits per heavy atom. The molecule has 1 spiro atoms. The minimum atomic E-state index is 0.334. The van der Waals surface area contributed by atoms with Gasteiger partial charge in [-0.05, 0) is 46.0 Å². The van der Waals surface area contributed by atoms with Crippen molar-refractivity contribution in [1.29, 1.82) is 0 Å². The first kappa shape index (κ1) is 19.5. The van der Waals surface area contributed by atoms with Crippen molar-refractivity contribution < 1.29 is 9.47 Å². The Kier molecular flexibility index (Phi) is 8.33. The number of aliphatic imine (C=N–C) groups is 1. The summed E-state index contributed by atoms with van der Waals surface area (Å²) in [5, 5.41) is 7.14. The van der Waals surface area contributed by atoms with Gasteiger partial charge in [0.05, 0.1) is 6.10 Å². The maximum Gasteiger partial charge on any atom is 0.191 e. The summed E-state index contributed by atoms with van der Waals surface area (Å²) in [6, 6.07) is 0.504. The van der Waals surface area contributed by atoms with Crippen molar-refractivity contribution in [2.24, 2.45) is 10.4 Å². The number of ether oxygens (including phenoxy) is 2. The van der Waals surface area contributed by atoms with E-state index < -0.39 is 0 Å². The van der Waals surface area contributed by atoms with Gasteiger partial charge < -0.3 is 20.1 Å². The minimum Gasteiger partial charge on any atom is -0.382 e. The van der Waals surface area contributed by atoms with Crippen LogP contribution in [0.25, 0.3) is 0 Å². The Morgan fingerprint density at radius 3 is 2.58 bits per heavy atom. The lowest BCUT2D eigenvalue weighted by molar-refractivity contribution is -0.145. The number of guanidine groups is 1. The first-order chi connectivity index (χ1) is 11.8. The predicted molar refractivity (Wildman–Crippen MR) is 99.6 cm³/mol. The average molecular weight is 340 g/mol. The fourth-order valence-electron chi connectivity index (χ4n) is 4.31. The lowest BCUT2D eigenvalue weighted by Crippen LogP contribution is -2.66. The highest BCUT2D eigenvalue weighted by Gasteiger charge is 2.55. The predicted octanol–water partition coefficient (Wildman–Crippen LogP) is 3.10. The molecular formula is C19H37N3O2. The van der Waals surface area contributed by atoms with Gasteiger partial charge in [-0.1, -0.05) is 19.3 Å². The van der Waals surface area contributed by atoms with Crippen molar-refractivity contribution in [1.82, 2.24) is 10.6 Å². The third-order valence-electron chi connectivity index (χ3n) is 5.68. The quantitative estimate of drug-likeness (QED) is 0.385. The van der Waals surface area contributed by atoms with Crippen LogP contribution in [0.3, 0.4) is 0 Å². The Balaban J connectivity index is 1.77. The summed E-state index contributed by atoms with van der Waals surface area (Å²) in [7, 11) is 1.86. The molecule has 0 aromatic rings. The lowest BCUT2D eigenvalue weighted by atomic mass is 9.55. The molecule has 0 bridgehead atoms. The Morgan fingerprint density at radius 1 is 1.12 bits per heavy atom. The first-order valence-electron chi connectivity index (χ1n) is 9.93. The first-order valence-corrected chi connectivity index (χ1v) is 9.93. The summed E-state index contributed by atoms with van der Waals surface area (Å²) in [5.41, 5.74) is 0.334. The van der Waals surface area contributed by atoms with E-state index in [1.807, 2.05) is 14.0 Å². The van der Waals surface area contributed by atoms with Crippen LogP contribution in [0.5, 0.6) is 0 Å². The fourth-order valence-corrected chi connectivity index (χ4v) is 4.31. The SMILES string of the molecule is CCOCCCCNC(=NC)NC1CC(OCC)C12CCCCC2. The smallest absolute Gasteiger partial charge is 0.191 e. The van der Waals surface area contributed by atoms with Gasteiger partial charge in [-0.25, -0.2) is 0 Å². The number of unbranched alkanes of at least 4 members (excludes halogenated alkanes) is 1. The molecule has 2 fully saturated rings. The second-order valence-corrected chi connectivity index (χ2v) is 7.07. The van der Waals surface area contributed by atoms with E-state index in [1.54, 1.807) is 0 Å². The number of rotatable bonds is 9. The van der Waals surface area contributed by atoms with Crippen molar-refractivity contribution in [3.05, 3.63) is 0 Å². The zero-order chi connectivity index (χ0) is 17.3. The summed E-state index contributed by atoms with van der Waals surface area (Å²) < 4.78 is 11.4. The molecule has 0 saturated heterocycles. The van der Waals surface area contributed by atoms with Crippen LogP contribution in [0.2, 0.25) is 0 Å². The molecule has 0 aromatic carbocycles. The summed E-state index contributed by atoms with van der Waals surface area (Å²) >= 11 is 0. The highest BCUT2D eigenvalue weighted by Crippen LogP contribution is 2.53. The standard InChI is InChI=1S/C19H37N3O2/c1-4-23-14-10-9-13-21-18(20-3)22-16-15-17(24-5-2)19(16)11-7-6-8-12-19/h16-17H,4-15H2,1-3H3,(H2,20,21,22). The van der Waals surface area contributed by atoms with E-state index >= 15 is 0 Å². The zero-order valence-electron chi connectivity index (χ0n) is 15.9. The van der Waals surface area contributed by atoms with Crippen LogP contribution in [-0.4, -0.2) is 51.5 Å². The van der Waals surface area contributed by atoms with Gasteiger partial charge in [-0.3, -0.25) is 4.99 Å². The number of nitrogens with one attached hydrogen (secondary N) is 2. The maximum absolute atomic E-state index is 6.04. The van der Waals surface area contributed by atoms with Crippen LogP contribution >= 0.6 is 0 Å². The van der Waals surface area contributed by atoms with E-state index in [4.69, 9.17) is 9.47 Å². The molecule has 2 aliphatic rings. The van der Waals surface area contributed by atoms with Gasteiger partial charge >= 0.3 is 0 Å². The number of hydrogen-bond donors (Lipinski definition) is 2. The monoisotopic (exact) mass is 339 g/mol. The molecule has 0 aliphatic heterocycles. The van der Waals surface area contributed by atoms with Crippen LogP contribution in [-0.2, 0) is 9.47 Å². The molecule has 2 unspecified atom stereocenters. The van der Waals surface area contributed by atoms with Crippen molar-refractivity contribution in [3.63, 3.8) is 0 Å². The average Bonchev–Trinajstić information content (AvgIpc) is 2.62. The maximum atomic E-state index is 6.04. The Labute approximate surface area is 148 Å². The third kappa shape index (κ3) is 4.85. The van der Waals surface area contributed by atoms with E-state index in [2.05, 4.69) is 22.5 Å². The summed E-state index contributed by atoms with van der Waals surface area (Å²) in [6.07, 6.45) is 10.4. The molecule has 0 heterocycles. The second-order valence-electron chi connectivity index (χ2n) is 7.07. The molecule has 0 amide bonds. The van der Waals surface area contributed by atoms with Crippen molar-refractivity contribution >= 4 is 5.96 Å². The second kappa shape index (κ2) is 10.2. The van der Waals surface area contributed by atoms with Crippen LogP contribution in [0.4, 0.5) is 0 Å². The molecule has 24 heavy (non-hydrogen) atoms. The van der Waals surface area contributed by atoms with Gasteiger partial charge in [0.2, 0.25) is 0 Å². The van der Waals surface area contributed by atoms with Crippen LogP contribution in [0.15, 0.2) is 4.99 Å². The molecule has 0 radical (unpaired) electrons. The normalized spacial score (nSPS) is 26.2. The van der Waals surface area contributed by atoms with Gasteiger partial charge in [-0.2, -0.15) is 0 Å². The molecule has 2 atom stereocenters. The van der Waals surface area contributed by atoms with Crippen molar-refractivity contribution in [2.75, 3.05) is 33.4 Å². The van der Waals surface area contributed by atoms with E-state index in [0.717, 1.165) is 51.6 Å². The van der Waals surface area contributed by atoms with E-state index in [1.165, 1.54) is 32.1 Å². The largest absolute Gasteiger partial charge is 0.382 e. The molecule has 2 N–H and O–H groups in total.